The van der Waals surface area contributed by atoms with E-state index in [1.54, 1.807) is 12.1 Å². The van der Waals surface area contributed by atoms with Crippen LogP contribution in [0.15, 0.2) is 12.1 Å². The van der Waals surface area contributed by atoms with Crippen molar-refractivity contribution in [3.8, 4) is 0 Å². The molecule has 0 bridgehead atoms. The number of hydrogen-bond acceptors (Lipinski definition) is 3. The van der Waals surface area contributed by atoms with E-state index >= 15 is 0 Å². The highest BCUT2D eigenvalue weighted by atomic mass is 35.5. The van der Waals surface area contributed by atoms with Gasteiger partial charge in [0.1, 0.15) is 6.04 Å². The molecule has 6 heteroatoms. The predicted molar refractivity (Wildman–Crippen MR) is 83.7 cm³/mol. The average Bonchev–Trinajstić information content (AvgIpc) is 2.40. The fraction of sp³-hybridized carbons (Fsp3) is 0.500. The van der Waals surface area contributed by atoms with E-state index in [2.05, 4.69) is 5.32 Å². The van der Waals surface area contributed by atoms with Gasteiger partial charge in [-0.05, 0) is 24.5 Å². The number of hydrogen-bond donors (Lipinski definition) is 1. The maximum absolute atomic E-state index is 11.8. The number of carbonyl (C=O) groups is 1. The Hall–Kier alpha value is -0.480. The Morgan fingerprint density at radius 1 is 1.15 bits per heavy atom. The van der Waals surface area contributed by atoms with Gasteiger partial charge in [0.2, 0.25) is 0 Å². The van der Waals surface area contributed by atoms with Gasteiger partial charge in [-0.3, -0.25) is 10.1 Å². The standard InChI is InChI=1S/C14H18Cl3NO2/c1-7(2)13(14(19)20-4)18-8(3)9-5-6-10(15)12(17)11(9)16/h5-8,13,18H,1-4H3. The maximum atomic E-state index is 11.8. The molecule has 0 saturated heterocycles. The van der Waals surface area contributed by atoms with Crippen molar-refractivity contribution in [1.82, 2.24) is 5.32 Å². The lowest BCUT2D eigenvalue weighted by Gasteiger charge is -2.25. The highest BCUT2D eigenvalue weighted by Gasteiger charge is 2.26. The summed E-state index contributed by atoms with van der Waals surface area (Å²) < 4.78 is 4.80. The lowest BCUT2D eigenvalue weighted by Crippen LogP contribution is -2.43. The predicted octanol–water partition coefficient (Wildman–Crippen LogP) is 4.50. The summed E-state index contributed by atoms with van der Waals surface area (Å²) in [6.45, 7) is 5.79. The normalized spacial score (nSPS) is 14.2. The molecule has 2 atom stereocenters. The van der Waals surface area contributed by atoms with Gasteiger partial charge in [-0.1, -0.05) is 54.7 Å². The van der Waals surface area contributed by atoms with Crippen LogP contribution in [-0.2, 0) is 9.53 Å². The molecule has 3 nitrogen and oxygen atoms in total. The molecule has 0 heterocycles. The molecule has 0 spiro atoms. The van der Waals surface area contributed by atoms with Gasteiger partial charge in [0, 0.05) is 6.04 Å². The van der Waals surface area contributed by atoms with E-state index in [4.69, 9.17) is 39.5 Å². The largest absolute Gasteiger partial charge is 0.468 e. The minimum absolute atomic E-state index is 0.0893. The summed E-state index contributed by atoms with van der Waals surface area (Å²) in [4.78, 5) is 11.8. The molecule has 0 fully saturated rings. The summed E-state index contributed by atoms with van der Waals surface area (Å²) in [5.41, 5.74) is 0.788. The zero-order valence-electron chi connectivity index (χ0n) is 11.8. The molecule has 0 aliphatic carbocycles. The zero-order chi connectivity index (χ0) is 15.4. The molecule has 112 valence electrons. The summed E-state index contributed by atoms with van der Waals surface area (Å²) >= 11 is 18.1. The molecule has 0 aliphatic rings. The summed E-state index contributed by atoms with van der Waals surface area (Å²) in [6.07, 6.45) is 0. The molecule has 0 aliphatic heterocycles. The molecule has 1 aromatic rings. The minimum atomic E-state index is -0.416. The fourth-order valence-electron chi connectivity index (χ4n) is 1.89. The van der Waals surface area contributed by atoms with Gasteiger partial charge in [-0.15, -0.1) is 0 Å². The minimum Gasteiger partial charge on any atom is -0.468 e. The Morgan fingerprint density at radius 2 is 1.75 bits per heavy atom. The Balaban J connectivity index is 2.98. The number of ether oxygens (including phenoxy) is 1. The van der Waals surface area contributed by atoms with Crippen molar-refractivity contribution in [2.45, 2.75) is 32.9 Å². The van der Waals surface area contributed by atoms with Crippen LogP contribution in [0.25, 0.3) is 0 Å². The molecule has 2 unspecified atom stereocenters. The van der Waals surface area contributed by atoms with E-state index in [9.17, 15) is 4.79 Å². The number of nitrogens with one attached hydrogen (secondary N) is 1. The molecular weight excluding hydrogens is 321 g/mol. The van der Waals surface area contributed by atoms with E-state index in [1.165, 1.54) is 7.11 Å². The lowest BCUT2D eigenvalue weighted by molar-refractivity contribution is -0.144. The Bertz CT molecular complexity index is 492. The monoisotopic (exact) mass is 337 g/mol. The van der Waals surface area contributed by atoms with Gasteiger partial charge in [0.15, 0.2) is 0 Å². The van der Waals surface area contributed by atoms with Crippen molar-refractivity contribution in [2.24, 2.45) is 5.92 Å². The third kappa shape index (κ3) is 4.01. The highest BCUT2D eigenvalue weighted by molar-refractivity contribution is 6.48. The second-order valence-electron chi connectivity index (χ2n) is 4.90. The first kappa shape index (κ1) is 17.6. The second-order valence-corrected chi connectivity index (χ2v) is 6.06. The van der Waals surface area contributed by atoms with E-state index in [1.807, 2.05) is 20.8 Å². The van der Waals surface area contributed by atoms with Crippen LogP contribution in [0.2, 0.25) is 15.1 Å². The quantitative estimate of drug-likeness (QED) is 0.635. The molecule has 1 rings (SSSR count). The molecule has 0 amide bonds. The van der Waals surface area contributed by atoms with Crippen molar-refractivity contribution in [3.05, 3.63) is 32.8 Å². The number of halogens is 3. The van der Waals surface area contributed by atoms with Gasteiger partial charge in [0.05, 0.1) is 22.2 Å². The van der Waals surface area contributed by atoms with Crippen LogP contribution >= 0.6 is 34.8 Å². The Labute approximate surface area is 134 Å². The summed E-state index contributed by atoms with van der Waals surface area (Å²) in [6, 6.07) is 2.90. The first-order valence-corrected chi connectivity index (χ1v) is 7.40. The van der Waals surface area contributed by atoms with E-state index in [0.29, 0.717) is 15.1 Å². The first-order chi connectivity index (χ1) is 9.29. The Kier molecular flexibility index (Phi) is 6.59. The van der Waals surface area contributed by atoms with Gasteiger partial charge >= 0.3 is 5.97 Å². The summed E-state index contributed by atoms with van der Waals surface area (Å²) in [5.74, 6) is -0.213. The number of methoxy groups -OCH3 is 1. The van der Waals surface area contributed by atoms with Crippen LogP contribution in [0.3, 0.4) is 0 Å². The van der Waals surface area contributed by atoms with Crippen molar-refractivity contribution >= 4 is 40.8 Å². The topological polar surface area (TPSA) is 38.3 Å². The van der Waals surface area contributed by atoms with E-state index in [-0.39, 0.29) is 17.9 Å². The molecule has 20 heavy (non-hydrogen) atoms. The molecule has 0 radical (unpaired) electrons. The smallest absolute Gasteiger partial charge is 0.323 e. The molecule has 1 N–H and O–H groups in total. The number of benzene rings is 1. The van der Waals surface area contributed by atoms with Crippen LogP contribution in [0.4, 0.5) is 0 Å². The van der Waals surface area contributed by atoms with Gasteiger partial charge < -0.3 is 4.74 Å². The van der Waals surface area contributed by atoms with E-state index in [0.717, 1.165) is 5.56 Å². The van der Waals surface area contributed by atoms with Crippen LogP contribution in [0.5, 0.6) is 0 Å². The van der Waals surface area contributed by atoms with Gasteiger partial charge in [-0.25, -0.2) is 0 Å². The number of esters is 1. The summed E-state index contributed by atoms with van der Waals surface area (Å²) in [5, 5.41) is 4.33. The number of carbonyl (C=O) groups excluding carboxylic acids is 1. The van der Waals surface area contributed by atoms with Gasteiger partial charge in [-0.2, -0.15) is 0 Å². The fourth-order valence-corrected chi connectivity index (χ4v) is 2.60. The SMILES string of the molecule is COC(=O)C(NC(C)c1ccc(Cl)c(Cl)c1Cl)C(C)C. The molecule has 0 aromatic heterocycles. The maximum Gasteiger partial charge on any atom is 0.323 e. The van der Waals surface area contributed by atoms with Crippen LogP contribution in [-0.4, -0.2) is 19.1 Å². The molecule has 0 saturated carbocycles. The first-order valence-electron chi connectivity index (χ1n) is 6.26. The third-order valence-electron chi connectivity index (χ3n) is 3.08. The second kappa shape index (κ2) is 7.51. The van der Waals surface area contributed by atoms with Crippen molar-refractivity contribution in [2.75, 3.05) is 7.11 Å². The Morgan fingerprint density at radius 3 is 2.25 bits per heavy atom. The average molecular weight is 339 g/mol. The number of rotatable bonds is 5. The molecule has 1 aromatic carbocycles. The van der Waals surface area contributed by atoms with Crippen molar-refractivity contribution in [1.29, 1.82) is 0 Å². The highest BCUT2D eigenvalue weighted by Crippen LogP contribution is 2.35. The van der Waals surface area contributed by atoms with Crippen LogP contribution < -0.4 is 5.32 Å². The van der Waals surface area contributed by atoms with E-state index < -0.39 is 6.04 Å². The van der Waals surface area contributed by atoms with Gasteiger partial charge in [0.25, 0.3) is 0 Å². The molecular formula is C14H18Cl3NO2. The zero-order valence-corrected chi connectivity index (χ0v) is 14.1. The van der Waals surface area contributed by atoms with Crippen LogP contribution in [0.1, 0.15) is 32.4 Å². The van der Waals surface area contributed by atoms with Crippen LogP contribution in [0, 0.1) is 5.92 Å². The van der Waals surface area contributed by atoms with Crippen molar-refractivity contribution < 1.29 is 9.53 Å². The third-order valence-corrected chi connectivity index (χ3v) is 4.39. The lowest BCUT2D eigenvalue weighted by atomic mass is 10.0. The summed E-state index contributed by atoms with van der Waals surface area (Å²) in [7, 11) is 1.37. The van der Waals surface area contributed by atoms with Crippen molar-refractivity contribution in [3.63, 3.8) is 0 Å².